The third-order valence-electron chi connectivity index (χ3n) is 4.65. The fraction of sp³-hybridized carbons (Fsp3) is 0.300. The Bertz CT molecular complexity index is 855. The second kappa shape index (κ2) is 8.65. The molecule has 0 spiro atoms. The summed E-state index contributed by atoms with van der Waals surface area (Å²) in [5.74, 6) is 0. The molecule has 0 aliphatic carbocycles. The molecule has 0 radical (unpaired) electrons. The highest BCUT2D eigenvalue weighted by Crippen LogP contribution is 2.26. The number of piperazine rings is 1. The Labute approximate surface area is 167 Å². The van der Waals surface area contributed by atoms with Crippen LogP contribution in [0.1, 0.15) is 11.3 Å². The van der Waals surface area contributed by atoms with E-state index in [-0.39, 0.29) is 6.03 Å². The van der Waals surface area contributed by atoms with Crippen LogP contribution in [0.15, 0.2) is 52.5 Å². The molecule has 1 saturated heterocycles. The van der Waals surface area contributed by atoms with Gasteiger partial charge in [0.25, 0.3) is 0 Å². The molecule has 1 aliphatic heterocycles. The van der Waals surface area contributed by atoms with Crippen LogP contribution in [0.4, 0.5) is 4.79 Å². The lowest BCUT2D eigenvalue weighted by molar-refractivity contribution is 0.134. The van der Waals surface area contributed by atoms with Gasteiger partial charge in [0.2, 0.25) is 0 Å². The van der Waals surface area contributed by atoms with E-state index in [9.17, 15) is 4.79 Å². The van der Waals surface area contributed by atoms with E-state index in [4.69, 9.17) is 4.98 Å². The standard InChI is InChI=1S/C20H22N4OS2/c25-20(21-12-16-4-2-1-3-5-16)24-9-7-23(8-10-24)13-18-15-27-19(22-18)17-6-11-26-14-17/h1-6,11,14-15H,7-10,12-13H2,(H,21,25). The quantitative estimate of drug-likeness (QED) is 0.709. The maximum atomic E-state index is 12.4. The zero-order chi connectivity index (χ0) is 18.5. The number of thiophene rings is 1. The fourth-order valence-electron chi connectivity index (χ4n) is 3.12. The lowest BCUT2D eigenvalue weighted by Crippen LogP contribution is -2.51. The van der Waals surface area contributed by atoms with Crippen molar-refractivity contribution < 1.29 is 4.79 Å². The number of aromatic nitrogens is 1. The van der Waals surface area contributed by atoms with Crippen molar-refractivity contribution in [2.45, 2.75) is 13.1 Å². The molecule has 0 atom stereocenters. The maximum Gasteiger partial charge on any atom is 0.317 e. The molecule has 1 aromatic carbocycles. The van der Waals surface area contributed by atoms with Gasteiger partial charge in [0.1, 0.15) is 5.01 Å². The molecule has 5 nitrogen and oxygen atoms in total. The highest BCUT2D eigenvalue weighted by Gasteiger charge is 2.21. The van der Waals surface area contributed by atoms with Gasteiger partial charge >= 0.3 is 6.03 Å². The van der Waals surface area contributed by atoms with Crippen LogP contribution in [-0.4, -0.2) is 47.0 Å². The van der Waals surface area contributed by atoms with Gasteiger partial charge in [0.15, 0.2) is 0 Å². The first kappa shape index (κ1) is 18.2. The second-order valence-electron chi connectivity index (χ2n) is 6.56. The Kier molecular flexibility index (Phi) is 5.81. The van der Waals surface area contributed by atoms with Crippen LogP contribution in [0.3, 0.4) is 0 Å². The van der Waals surface area contributed by atoms with E-state index in [1.807, 2.05) is 35.2 Å². The number of carbonyl (C=O) groups excluding carboxylic acids is 1. The summed E-state index contributed by atoms with van der Waals surface area (Å²) in [5.41, 5.74) is 3.44. The van der Waals surface area contributed by atoms with Crippen LogP contribution < -0.4 is 5.32 Å². The van der Waals surface area contributed by atoms with Crippen molar-refractivity contribution in [3.05, 3.63) is 63.8 Å². The summed E-state index contributed by atoms with van der Waals surface area (Å²) in [4.78, 5) is 21.4. The Hall–Kier alpha value is -2.22. The van der Waals surface area contributed by atoms with Crippen molar-refractivity contribution in [2.75, 3.05) is 26.2 Å². The van der Waals surface area contributed by atoms with E-state index in [1.165, 1.54) is 5.56 Å². The van der Waals surface area contributed by atoms with Crippen LogP contribution in [0.25, 0.3) is 10.6 Å². The Morgan fingerprint density at radius 1 is 1.07 bits per heavy atom. The largest absolute Gasteiger partial charge is 0.334 e. The van der Waals surface area contributed by atoms with Crippen LogP contribution in [0.5, 0.6) is 0 Å². The van der Waals surface area contributed by atoms with Gasteiger partial charge in [-0.2, -0.15) is 11.3 Å². The van der Waals surface area contributed by atoms with E-state index in [2.05, 4.69) is 32.4 Å². The predicted molar refractivity (Wildman–Crippen MR) is 111 cm³/mol. The first-order chi connectivity index (χ1) is 13.3. The molecule has 1 aliphatic rings. The highest BCUT2D eigenvalue weighted by molar-refractivity contribution is 7.14. The fourth-order valence-corrected chi connectivity index (χ4v) is 4.64. The summed E-state index contributed by atoms with van der Waals surface area (Å²) in [6.07, 6.45) is 0. The Balaban J connectivity index is 1.23. The van der Waals surface area contributed by atoms with Crippen LogP contribution in [0.2, 0.25) is 0 Å². The van der Waals surface area contributed by atoms with Crippen molar-refractivity contribution in [3.63, 3.8) is 0 Å². The zero-order valence-corrected chi connectivity index (χ0v) is 16.6. The molecule has 3 aromatic rings. The SMILES string of the molecule is O=C(NCc1ccccc1)N1CCN(Cc2csc(-c3ccsc3)n2)CC1. The lowest BCUT2D eigenvalue weighted by Gasteiger charge is -2.34. The highest BCUT2D eigenvalue weighted by atomic mass is 32.1. The average Bonchev–Trinajstić information content (AvgIpc) is 3.39. The summed E-state index contributed by atoms with van der Waals surface area (Å²) in [5, 5.41) is 10.5. The minimum absolute atomic E-state index is 0.0203. The number of hydrogen-bond donors (Lipinski definition) is 1. The van der Waals surface area contributed by atoms with Crippen molar-refractivity contribution in [1.82, 2.24) is 20.1 Å². The van der Waals surface area contributed by atoms with E-state index in [0.29, 0.717) is 6.54 Å². The molecule has 3 heterocycles. The molecule has 2 aromatic heterocycles. The third-order valence-corrected chi connectivity index (χ3v) is 6.27. The summed E-state index contributed by atoms with van der Waals surface area (Å²) in [6.45, 7) is 4.68. The zero-order valence-electron chi connectivity index (χ0n) is 15.0. The number of rotatable bonds is 5. The minimum Gasteiger partial charge on any atom is -0.334 e. The summed E-state index contributed by atoms with van der Waals surface area (Å²) in [7, 11) is 0. The molecular weight excluding hydrogens is 376 g/mol. The molecule has 27 heavy (non-hydrogen) atoms. The number of thiazole rings is 1. The first-order valence-electron chi connectivity index (χ1n) is 9.04. The number of benzene rings is 1. The molecule has 0 bridgehead atoms. The van der Waals surface area contributed by atoms with Crippen LogP contribution >= 0.6 is 22.7 Å². The average molecular weight is 399 g/mol. The van der Waals surface area contributed by atoms with E-state index >= 15 is 0 Å². The molecule has 4 rings (SSSR count). The molecule has 0 unspecified atom stereocenters. The monoisotopic (exact) mass is 398 g/mol. The summed E-state index contributed by atoms with van der Waals surface area (Å²) < 4.78 is 0. The maximum absolute atomic E-state index is 12.4. The molecule has 0 saturated carbocycles. The van der Waals surface area contributed by atoms with Crippen molar-refractivity contribution in [2.24, 2.45) is 0 Å². The number of nitrogens with zero attached hydrogens (tertiary/aromatic N) is 3. The van der Waals surface area contributed by atoms with Gasteiger partial charge in [0, 0.05) is 55.6 Å². The van der Waals surface area contributed by atoms with Crippen LogP contribution in [-0.2, 0) is 13.1 Å². The van der Waals surface area contributed by atoms with Gasteiger partial charge in [-0.1, -0.05) is 30.3 Å². The molecule has 1 N–H and O–H groups in total. The van der Waals surface area contributed by atoms with E-state index in [1.54, 1.807) is 22.7 Å². The second-order valence-corrected chi connectivity index (χ2v) is 8.20. The normalized spacial score (nSPS) is 15.0. The molecule has 7 heteroatoms. The summed E-state index contributed by atoms with van der Waals surface area (Å²) >= 11 is 3.40. The Morgan fingerprint density at radius 2 is 1.89 bits per heavy atom. The van der Waals surface area contributed by atoms with Gasteiger partial charge in [0.05, 0.1) is 5.69 Å². The van der Waals surface area contributed by atoms with Crippen molar-refractivity contribution in [1.29, 1.82) is 0 Å². The number of amides is 2. The van der Waals surface area contributed by atoms with Crippen LogP contribution in [0, 0.1) is 0 Å². The molecule has 2 amide bonds. The number of carbonyl (C=O) groups is 1. The topological polar surface area (TPSA) is 48.5 Å². The Morgan fingerprint density at radius 3 is 2.63 bits per heavy atom. The van der Waals surface area contributed by atoms with E-state index in [0.717, 1.165) is 49.0 Å². The smallest absolute Gasteiger partial charge is 0.317 e. The minimum atomic E-state index is 0.0203. The van der Waals surface area contributed by atoms with Gasteiger partial charge in [-0.3, -0.25) is 4.90 Å². The van der Waals surface area contributed by atoms with Gasteiger partial charge < -0.3 is 10.2 Å². The number of nitrogens with one attached hydrogen (secondary N) is 1. The predicted octanol–water partition coefficient (Wildman–Crippen LogP) is 3.90. The third kappa shape index (κ3) is 4.74. The molecular formula is C20H22N4OS2. The number of urea groups is 1. The van der Waals surface area contributed by atoms with Gasteiger partial charge in [-0.15, -0.1) is 11.3 Å². The molecule has 140 valence electrons. The first-order valence-corrected chi connectivity index (χ1v) is 10.9. The van der Waals surface area contributed by atoms with Gasteiger partial charge in [-0.25, -0.2) is 9.78 Å². The lowest BCUT2D eigenvalue weighted by atomic mass is 10.2. The number of hydrogen-bond acceptors (Lipinski definition) is 5. The van der Waals surface area contributed by atoms with Gasteiger partial charge in [-0.05, 0) is 17.0 Å². The summed E-state index contributed by atoms with van der Waals surface area (Å²) in [6, 6.07) is 12.1. The molecule has 1 fully saturated rings. The van der Waals surface area contributed by atoms with E-state index < -0.39 is 0 Å². The van der Waals surface area contributed by atoms with Crippen molar-refractivity contribution >= 4 is 28.7 Å². The van der Waals surface area contributed by atoms with Crippen molar-refractivity contribution in [3.8, 4) is 10.6 Å².